The van der Waals surface area contributed by atoms with Crippen molar-refractivity contribution in [1.29, 1.82) is 0 Å². The van der Waals surface area contributed by atoms with Crippen LogP contribution in [-0.4, -0.2) is 38.3 Å². The van der Waals surface area contributed by atoms with Gasteiger partial charge in [-0.15, -0.1) is 12.4 Å². The smallest absolute Gasteiger partial charge is 0.194 e. The first-order valence-corrected chi connectivity index (χ1v) is 12.3. The number of benzene rings is 2. The van der Waals surface area contributed by atoms with E-state index in [1.54, 1.807) is 12.1 Å². The number of halogens is 2. The van der Waals surface area contributed by atoms with Crippen molar-refractivity contribution in [3.05, 3.63) is 63.7 Å². The number of aryl methyl sites for hydroxylation is 2. The van der Waals surface area contributed by atoms with E-state index in [1.807, 2.05) is 19.9 Å². The Balaban J connectivity index is 0.00000256. The van der Waals surface area contributed by atoms with Crippen molar-refractivity contribution in [2.75, 3.05) is 19.6 Å². The summed E-state index contributed by atoms with van der Waals surface area (Å²) in [5.41, 5.74) is 4.13. The number of piperidine rings is 1. The van der Waals surface area contributed by atoms with Crippen LogP contribution in [0, 0.1) is 19.8 Å². The average molecular weight is 469 g/mol. The number of hydrogen-bond donors (Lipinski definition) is 1. The van der Waals surface area contributed by atoms with Crippen molar-refractivity contribution in [2.24, 2.45) is 5.92 Å². The van der Waals surface area contributed by atoms with Crippen LogP contribution in [0.4, 0.5) is 0 Å². The highest BCUT2D eigenvalue weighted by Crippen LogP contribution is 2.35. The average Bonchev–Trinajstić information content (AvgIpc) is 2.71. The van der Waals surface area contributed by atoms with E-state index in [0.29, 0.717) is 16.5 Å². The standard InChI is InChI=1S/C23H29ClN2O2S.ClH/c1-16-14-22(17(2)13-21(16)24)29(27,28)23(19-7-10-25-11-8-19)26-12-9-18-5-3-4-6-20(18)15-26;/h3-6,13-14,19,23,25H,7-12,15H2,1-2H3;1H. The largest absolute Gasteiger partial charge is 0.317 e. The zero-order valence-electron chi connectivity index (χ0n) is 17.5. The van der Waals surface area contributed by atoms with E-state index < -0.39 is 15.2 Å². The molecule has 2 aromatic rings. The van der Waals surface area contributed by atoms with E-state index in [0.717, 1.165) is 50.0 Å². The van der Waals surface area contributed by atoms with Gasteiger partial charge >= 0.3 is 0 Å². The second kappa shape index (κ2) is 9.58. The SMILES string of the molecule is Cc1cc(S(=O)(=O)C(C2CCNCC2)N2CCc3ccccc3C2)c(C)cc1Cl.Cl. The van der Waals surface area contributed by atoms with Crippen molar-refractivity contribution in [1.82, 2.24) is 10.2 Å². The molecule has 0 saturated carbocycles. The van der Waals surface area contributed by atoms with Gasteiger partial charge < -0.3 is 5.32 Å². The van der Waals surface area contributed by atoms with Crippen LogP contribution in [0.25, 0.3) is 0 Å². The molecule has 7 heteroatoms. The van der Waals surface area contributed by atoms with Crippen LogP contribution in [-0.2, 0) is 22.8 Å². The Morgan fingerprint density at radius 1 is 1.07 bits per heavy atom. The number of fused-ring (bicyclic) bond motifs is 1. The highest BCUT2D eigenvalue weighted by atomic mass is 35.5. The molecule has 2 heterocycles. The molecule has 30 heavy (non-hydrogen) atoms. The molecule has 2 aliphatic heterocycles. The maximum Gasteiger partial charge on any atom is 0.194 e. The van der Waals surface area contributed by atoms with Crippen LogP contribution >= 0.6 is 24.0 Å². The predicted molar refractivity (Wildman–Crippen MR) is 125 cm³/mol. The van der Waals surface area contributed by atoms with Gasteiger partial charge in [0.05, 0.1) is 4.90 Å². The summed E-state index contributed by atoms with van der Waals surface area (Å²) in [6.07, 6.45) is 2.66. The lowest BCUT2D eigenvalue weighted by atomic mass is 9.94. The molecule has 0 spiro atoms. The third kappa shape index (κ3) is 4.56. The van der Waals surface area contributed by atoms with Gasteiger partial charge in [-0.1, -0.05) is 35.9 Å². The molecule has 0 radical (unpaired) electrons. The highest BCUT2D eigenvalue weighted by molar-refractivity contribution is 7.92. The van der Waals surface area contributed by atoms with Crippen LogP contribution in [0.3, 0.4) is 0 Å². The minimum absolute atomic E-state index is 0. The number of nitrogens with one attached hydrogen (secondary N) is 1. The number of nitrogens with zero attached hydrogens (tertiary/aromatic N) is 1. The van der Waals surface area contributed by atoms with E-state index in [9.17, 15) is 8.42 Å². The first-order chi connectivity index (χ1) is 13.9. The van der Waals surface area contributed by atoms with Crippen LogP contribution in [0.1, 0.15) is 35.1 Å². The summed E-state index contributed by atoms with van der Waals surface area (Å²) >= 11 is 6.26. The lowest BCUT2D eigenvalue weighted by molar-refractivity contribution is 0.159. The normalized spacial score (nSPS) is 19.0. The molecule has 0 aliphatic carbocycles. The van der Waals surface area contributed by atoms with Gasteiger partial charge in [0.15, 0.2) is 9.84 Å². The minimum atomic E-state index is -3.53. The first-order valence-electron chi connectivity index (χ1n) is 10.4. The fourth-order valence-corrected chi connectivity index (χ4v) is 7.48. The van der Waals surface area contributed by atoms with Gasteiger partial charge in [0, 0.05) is 18.1 Å². The van der Waals surface area contributed by atoms with Gasteiger partial charge in [-0.05, 0) is 86.5 Å². The summed E-state index contributed by atoms with van der Waals surface area (Å²) in [5, 5.41) is 3.49. The van der Waals surface area contributed by atoms with E-state index in [1.165, 1.54) is 11.1 Å². The predicted octanol–water partition coefficient (Wildman–Crippen LogP) is 4.54. The van der Waals surface area contributed by atoms with Crippen molar-refractivity contribution in [3.8, 4) is 0 Å². The molecule has 164 valence electrons. The lowest BCUT2D eigenvalue weighted by Gasteiger charge is -2.41. The molecular formula is C23H30Cl2N2O2S. The molecule has 1 fully saturated rings. The van der Waals surface area contributed by atoms with E-state index in [-0.39, 0.29) is 18.3 Å². The third-order valence-corrected chi connectivity index (χ3v) is 9.17. The number of rotatable bonds is 4. The van der Waals surface area contributed by atoms with Crippen LogP contribution in [0.2, 0.25) is 5.02 Å². The summed E-state index contributed by atoms with van der Waals surface area (Å²) < 4.78 is 28.0. The maximum atomic E-state index is 14.0. The quantitative estimate of drug-likeness (QED) is 0.715. The zero-order chi connectivity index (χ0) is 20.6. The highest BCUT2D eigenvalue weighted by Gasteiger charge is 2.41. The Morgan fingerprint density at radius 3 is 2.43 bits per heavy atom. The Labute approximate surface area is 191 Å². The molecular weight excluding hydrogens is 439 g/mol. The fourth-order valence-electron chi connectivity index (χ4n) is 4.80. The molecule has 0 amide bonds. The van der Waals surface area contributed by atoms with Crippen molar-refractivity contribution < 1.29 is 8.42 Å². The van der Waals surface area contributed by atoms with Gasteiger partial charge in [-0.2, -0.15) is 0 Å². The summed E-state index contributed by atoms with van der Waals surface area (Å²) in [7, 11) is -3.53. The van der Waals surface area contributed by atoms with Crippen LogP contribution in [0.5, 0.6) is 0 Å². The Bertz CT molecular complexity index is 1000. The van der Waals surface area contributed by atoms with Gasteiger partial charge in [0.1, 0.15) is 5.37 Å². The molecule has 0 aromatic heterocycles. The van der Waals surface area contributed by atoms with Crippen molar-refractivity contribution in [3.63, 3.8) is 0 Å². The Hall–Kier alpha value is -1.11. The van der Waals surface area contributed by atoms with Crippen LogP contribution in [0.15, 0.2) is 41.3 Å². The van der Waals surface area contributed by atoms with E-state index >= 15 is 0 Å². The Morgan fingerprint density at radius 2 is 1.73 bits per heavy atom. The molecule has 1 saturated heterocycles. The third-order valence-electron chi connectivity index (χ3n) is 6.39. The van der Waals surface area contributed by atoms with E-state index in [4.69, 9.17) is 11.6 Å². The van der Waals surface area contributed by atoms with Crippen molar-refractivity contribution in [2.45, 2.75) is 49.9 Å². The first kappa shape index (κ1) is 23.6. The molecule has 0 bridgehead atoms. The molecule has 1 atom stereocenters. The van der Waals surface area contributed by atoms with Gasteiger partial charge in [0.25, 0.3) is 0 Å². The molecule has 1 unspecified atom stereocenters. The summed E-state index contributed by atoms with van der Waals surface area (Å²) in [6.45, 7) is 6.94. The second-order valence-corrected chi connectivity index (χ2v) is 10.8. The van der Waals surface area contributed by atoms with Crippen LogP contribution < -0.4 is 5.32 Å². The van der Waals surface area contributed by atoms with E-state index in [2.05, 4.69) is 28.4 Å². The zero-order valence-corrected chi connectivity index (χ0v) is 19.9. The summed E-state index contributed by atoms with van der Waals surface area (Å²) in [6, 6.07) is 11.9. The van der Waals surface area contributed by atoms with Gasteiger partial charge in [-0.25, -0.2) is 8.42 Å². The number of sulfone groups is 1. The lowest BCUT2D eigenvalue weighted by Crippen LogP contribution is -2.50. The van der Waals surface area contributed by atoms with Crippen molar-refractivity contribution >= 4 is 33.8 Å². The monoisotopic (exact) mass is 468 g/mol. The summed E-state index contributed by atoms with van der Waals surface area (Å²) in [4.78, 5) is 2.64. The number of hydrogen-bond acceptors (Lipinski definition) is 4. The minimum Gasteiger partial charge on any atom is -0.317 e. The second-order valence-electron chi connectivity index (χ2n) is 8.38. The molecule has 2 aromatic carbocycles. The van der Waals surface area contributed by atoms with Gasteiger partial charge in [0.2, 0.25) is 0 Å². The Kier molecular flexibility index (Phi) is 7.52. The molecule has 4 nitrogen and oxygen atoms in total. The molecule has 2 aliphatic rings. The molecule has 4 rings (SSSR count). The molecule has 1 N–H and O–H groups in total. The fraction of sp³-hybridized carbons (Fsp3) is 0.478. The maximum absolute atomic E-state index is 14.0. The van der Waals surface area contributed by atoms with Gasteiger partial charge in [-0.3, -0.25) is 4.90 Å². The summed E-state index contributed by atoms with van der Waals surface area (Å²) in [5.74, 6) is 0.127. The topological polar surface area (TPSA) is 49.4 Å².